The summed E-state index contributed by atoms with van der Waals surface area (Å²) in [5, 5.41) is 55.9. The van der Waals surface area contributed by atoms with Crippen LogP contribution in [0.25, 0.3) is 0 Å². The van der Waals surface area contributed by atoms with Crippen LogP contribution < -0.4 is 5.32 Å². The molecule has 3 heterocycles. The summed E-state index contributed by atoms with van der Waals surface area (Å²) < 4.78 is 30.1. The number of ether oxygens (including phenoxy) is 1. The second-order valence-electron chi connectivity index (χ2n) is 6.85. The largest absolute Gasteiger partial charge is 0.674 e. The Morgan fingerprint density at radius 2 is 1.91 bits per heavy atom. The van der Waals surface area contributed by atoms with Crippen LogP contribution in [0.2, 0.25) is 0 Å². The SMILES string of the molecule is N=C1c2ncn([C@@H]3O[C@H](CO)[C@@H](O)[C@H]3O)c2NCN1OCc1ccc(F)cc1.OB(O)F. The zero-order valence-corrected chi connectivity index (χ0v) is 16.5. The number of aliphatic hydroxyl groups is 3. The molecule has 12 nitrogen and oxygen atoms in total. The van der Waals surface area contributed by atoms with Gasteiger partial charge in [0.1, 0.15) is 48.9 Å². The molecule has 0 bridgehead atoms. The summed E-state index contributed by atoms with van der Waals surface area (Å²) in [5.41, 5.74) is 1.03. The number of hydrogen-bond donors (Lipinski definition) is 7. The van der Waals surface area contributed by atoms with Crippen LogP contribution in [0.3, 0.4) is 0 Å². The van der Waals surface area contributed by atoms with Crippen molar-refractivity contribution in [2.75, 3.05) is 18.6 Å². The third-order valence-corrected chi connectivity index (χ3v) is 4.75. The summed E-state index contributed by atoms with van der Waals surface area (Å²) in [6.45, 7) is -0.150. The van der Waals surface area contributed by atoms with Gasteiger partial charge in [-0.1, -0.05) is 12.1 Å². The quantitative estimate of drug-likeness (QED) is 0.267. The number of imidazole rings is 1. The summed E-state index contributed by atoms with van der Waals surface area (Å²) >= 11 is 0. The van der Waals surface area contributed by atoms with Gasteiger partial charge in [0, 0.05) is 0 Å². The molecule has 4 rings (SSSR count). The van der Waals surface area contributed by atoms with E-state index in [0.29, 0.717) is 5.82 Å². The highest BCUT2D eigenvalue weighted by Gasteiger charge is 2.44. The van der Waals surface area contributed by atoms with Crippen molar-refractivity contribution in [1.29, 1.82) is 5.41 Å². The summed E-state index contributed by atoms with van der Waals surface area (Å²) in [7, 11) is -2.67. The molecule has 174 valence electrons. The zero-order chi connectivity index (χ0) is 23.4. The Morgan fingerprint density at radius 3 is 2.50 bits per heavy atom. The maximum absolute atomic E-state index is 13.0. The monoisotopic (exact) mass is 457 g/mol. The number of nitrogens with one attached hydrogen (secondary N) is 2. The van der Waals surface area contributed by atoms with Crippen LogP contribution in [0.15, 0.2) is 30.6 Å². The molecule has 1 fully saturated rings. The molecule has 0 amide bonds. The second-order valence-corrected chi connectivity index (χ2v) is 6.85. The first-order valence-corrected chi connectivity index (χ1v) is 9.40. The molecule has 0 aliphatic carbocycles. The minimum atomic E-state index is -2.67. The fourth-order valence-corrected chi connectivity index (χ4v) is 3.20. The molecule has 0 unspecified atom stereocenters. The molecule has 1 aromatic heterocycles. The van der Waals surface area contributed by atoms with Gasteiger partial charge in [-0.2, -0.15) is 0 Å². The van der Waals surface area contributed by atoms with E-state index in [9.17, 15) is 24.0 Å². The highest BCUT2D eigenvalue weighted by Crippen LogP contribution is 2.34. The number of rotatable bonds is 5. The van der Waals surface area contributed by atoms with Gasteiger partial charge in [-0.3, -0.25) is 19.1 Å². The number of anilines is 1. The van der Waals surface area contributed by atoms with Crippen molar-refractivity contribution in [3.63, 3.8) is 0 Å². The summed E-state index contributed by atoms with van der Waals surface area (Å²) in [5.74, 6) is 0.0963. The van der Waals surface area contributed by atoms with Crippen molar-refractivity contribution in [2.24, 2.45) is 0 Å². The molecule has 1 saturated heterocycles. The Bertz CT molecular complexity index is 916. The van der Waals surface area contributed by atoms with Gasteiger partial charge in [0.05, 0.1) is 12.9 Å². The average molecular weight is 457 g/mol. The first kappa shape index (κ1) is 24.0. The number of hydrogen-bond acceptors (Lipinski definition) is 10. The van der Waals surface area contributed by atoms with Crippen LogP contribution in [0.1, 0.15) is 17.5 Å². The van der Waals surface area contributed by atoms with Crippen molar-refractivity contribution in [3.05, 3.63) is 47.7 Å². The summed E-state index contributed by atoms with van der Waals surface area (Å²) in [6, 6.07) is 5.86. The Kier molecular flexibility index (Phi) is 7.73. The molecule has 2 aliphatic rings. The van der Waals surface area contributed by atoms with E-state index in [1.807, 2.05) is 0 Å². The van der Waals surface area contributed by atoms with Crippen molar-refractivity contribution >= 4 is 19.0 Å². The smallest absolute Gasteiger partial charge is 0.398 e. The zero-order valence-electron chi connectivity index (χ0n) is 16.5. The first-order chi connectivity index (χ1) is 15.2. The predicted molar refractivity (Wildman–Crippen MR) is 105 cm³/mol. The van der Waals surface area contributed by atoms with Crippen molar-refractivity contribution in [1.82, 2.24) is 14.6 Å². The van der Waals surface area contributed by atoms with Crippen LogP contribution >= 0.6 is 0 Å². The van der Waals surface area contributed by atoms with Crippen molar-refractivity contribution in [3.8, 4) is 0 Å². The standard InChI is InChI=1S/C17H20FN5O5.BFH2O2/c18-10-3-1-9(2-4-10)6-27-23-8-21-16-12(15(23)19)20-7-22(16)17-14(26)13(25)11(5-24)28-17;2-1(3)4/h1-4,7,11,13-14,17,19,21,24-26H,5-6,8H2;3-4H/t11-,13-,14-,17-;/m1./s1. The molecule has 1 aromatic carbocycles. The normalized spacial score (nSPS) is 24.5. The van der Waals surface area contributed by atoms with Gasteiger partial charge in [0.2, 0.25) is 0 Å². The predicted octanol–water partition coefficient (Wildman–Crippen LogP) is -1.30. The fraction of sp³-hybridized carbons (Fsp3) is 0.412. The van der Waals surface area contributed by atoms with E-state index in [1.165, 1.54) is 28.1 Å². The van der Waals surface area contributed by atoms with E-state index in [1.54, 1.807) is 12.1 Å². The van der Waals surface area contributed by atoms with Crippen molar-refractivity contribution < 1.29 is 43.6 Å². The Hall–Kier alpha value is -2.66. The highest BCUT2D eigenvalue weighted by atomic mass is 19.1. The molecule has 2 aliphatic heterocycles. The molecule has 0 saturated carbocycles. The van der Waals surface area contributed by atoms with Crippen LogP contribution in [-0.2, 0) is 16.2 Å². The molecule has 32 heavy (non-hydrogen) atoms. The van der Waals surface area contributed by atoms with E-state index in [4.69, 9.17) is 25.0 Å². The van der Waals surface area contributed by atoms with E-state index in [0.717, 1.165) is 5.56 Å². The lowest BCUT2D eigenvalue weighted by Crippen LogP contribution is -2.41. The van der Waals surface area contributed by atoms with Gasteiger partial charge >= 0.3 is 7.40 Å². The average Bonchev–Trinajstić information content (AvgIpc) is 3.30. The minimum Gasteiger partial charge on any atom is -0.398 e. The van der Waals surface area contributed by atoms with Crippen LogP contribution in [0, 0.1) is 11.2 Å². The molecule has 0 radical (unpaired) electrons. The molecule has 15 heteroatoms. The molecule has 4 atom stereocenters. The van der Waals surface area contributed by atoms with Gasteiger partial charge in [-0.25, -0.2) is 14.4 Å². The Morgan fingerprint density at radius 1 is 1.25 bits per heavy atom. The topological polar surface area (TPSA) is 177 Å². The van der Waals surface area contributed by atoms with E-state index >= 15 is 0 Å². The molecular formula is C17H22BF2N5O7. The lowest BCUT2D eigenvalue weighted by molar-refractivity contribution is -0.108. The molecule has 7 N–H and O–H groups in total. The number of halogens is 2. The highest BCUT2D eigenvalue weighted by molar-refractivity contribution is 6.31. The van der Waals surface area contributed by atoms with Gasteiger partial charge < -0.3 is 35.4 Å². The number of amidine groups is 1. The lowest BCUT2D eigenvalue weighted by atomic mass is 10.1. The Labute approximate surface area is 180 Å². The Balaban J connectivity index is 0.000000668. The maximum Gasteiger partial charge on any atom is 0.674 e. The number of nitrogens with zero attached hydrogens (tertiary/aromatic N) is 3. The molecule has 2 aromatic rings. The van der Waals surface area contributed by atoms with E-state index in [2.05, 4.69) is 10.3 Å². The number of fused-ring (bicyclic) bond motifs is 1. The first-order valence-electron chi connectivity index (χ1n) is 9.40. The molecule has 0 spiro atoms. The second kappa shape index (κ2) is 10.3. The maximum atomic E-state index is 13.0. The summed E-state index contributed by atoms with van der Waals surface area (Å²) in [6.07, 6.45) is -2.95. The third kappa shape index (κ3) is 5.21. The molecular weight excluding hydrogens is 435 g/mol. The van der Waals surface area contributed by atoms with Crippen LogP contribution in [-0.4, -0.2) is 84.8 Å². The van der Waals surface area contributed by atoms with Gasteiger partial charge in [0.25, 0.3) is 0 Å². The number of aromatic nitrogens is 2. The van der Waals surface area contributed by atoms with E-state index < -0.39 is 38.5 Å². The van der Waals surface area contributed by atoms with Gasteiger partial charge in [-0.05, 0) is 17.7 Å². The number of aliphatic hydroxyl groups excluding tert-OH is 3. The number of benzene rings is 1. The van der Waals surface area contributed by atoms with Crippen LogP contribution in [0.4, 0.5) is 14.5 Å². The summed E-state index contributed by atoms with van der Waals surface area (Å²) in [4.78, 5) is 9.79. The fourth-order valence-electron chi connectivity index (χ4n) is 3.20. The number of hydroxylamine groups is 2. The lowest BCUT2D eigenvalue weighted by Gasteiger charge is -2.30. The minimum absolute atomic E-state index is 0.00125. The van der Waals surface area contributed by atoms with Gasteiger partial charge in [0.15, 0.2) is 12.1 Å². The third-order valence-electron chi connectivity index (χ3n) is 4.75. The van der Waals surface area contributed by atoms with Gasteiger partial charge in [-0.15, -0.1) is 0 Å². The van der Waals surface area contributed by atoms with Crippen LogP contribution in [0.5, 0.6) is 0 Å². The van der Waals surface area contributed by atoms with Crippen molar-refractivity contribution in [2.45, 2.75) is 31.1 Å². The van der Waals surface area contributed by atoms with E-state index in [-0.39, 0.29) is 30.6 Å².